The van der Waals surface area contributed by atoms with Gasteiger partial charge in [0.2, 0.25) is 12.4 Å². The summed E-state index contributed by atoms with van der Waals surface area (Å²) in [6, 6.07) is 6.20. The maximum atomic E-state index is 13.4. The predicted octanol–water partition coefficient (Wildman–Crippen LogP) is 2.03. The van der Waals surface area contributed by atoms with E-state index in [0.717, 1.165) is 10.9 Å². The molecule has 0 radical (unpaired) electrons. The third kappa shape index (κ3) is 18.7. The molecule has 15 N–H and O–H groups in total. The maximum Gasteiger partial charge on any atom is 0.355 e. The van der Waals surface area contributed by atoms with Gasteiger partial charge in [0.15, 0.2) is 23.6 Å². The van der Waals surface area contributed by atoms with Crippen LogP contribution in [0.25, 0.3) is 22.3 Å². The number of nitrogens with zero attached hydrogens (tertiary/aromatic N) is 2. The molecule has 0 spiro atoms. The molecule has 536 valence electrons. The van der Waals surface area contributed by atoms with Crippen molar-refractivity contribution in [3.05, 3.63) is 136 Å². The van der Waals surface area contributed by atoms with E-state index in [2.05, 4.69) is 0 Å². The Bertz CT molecular complexity index is 3570. The molecule has 20 atom stereocenters. The smallest absolute Gasteiger partial charge is 0.355 e. The van der Waals surface area contributed by atoms with Crippen LogP contribution >= 0.6 is 0 Å². The molecule has 0 saturated carbocycles. The number of carbonyl (C=O) groups excluding carboxylic acids is 3. The van der Waals surface area contributed by atoms with E-state index in [0.29, 0.717) is 40.5 Å². The van der Waals surface area contributed by atoms with Crippen LogP contribution in [0.2, 0.25) is 0 Å². The molecule has 0 unspecified atom stereocenters. The van der Waals surface area contributed by atoms with Gasteiger partial charge in [0.05, 0.1) is 115 Å². The number of allylic oxidation sites excluding steroid dienone is 12. The lowest BCUT2D eigenvalue weighted by Gasteiger charge is -2.45. The summed E-state index contributed by atoms with van der Waals surface area (Å²) in [5.41, 5.74) is 12.7. The number of ether oxygens (including phenoxy) is 8. The number of aliphatic hydroxyl groups excluding tert-OH is 9. The third-order valence-corrected chi connectivity index (χ3v) is 18.4. The largest absolute Gasteiger partial charge is 0.481 e. The molecule has 28 nitrogen and oxygen atoms in total. The van der Waals surface area contributed by atoms with Gasteiger partial charge in [-0.3, -0.25) is 19.2 Å². The van der Waals surface area contributed by atoms with Gasteiger partial charge >= 0.3 is 23.9 Å². The standard InChI is InChI=1S/C47H73NO17.C23H19N3O7/c1-27-17-15-13-11-9-7-5-6-8-10-12-14-16-18-34(64-46-44(58)41(48)43(57)30(4)63-46)24-38-40(45(59)60)37(54)26-47(61,65-38)25-33(51)21-31(49)19-20-35(52)36(53)22-32(50)23-39(55)62-29(3)28(2)42(27)56;1-2-23(33-19(27)7-24)14-5-16-20-12(8-26(16)21(28)13(14)9-30-22(23)29)3-11-4-17-18(32-10-31-17)6-15(11)25-20/h5-18,27-38,40-44,46,49-54,56-58,61H,19-26,48H2,1-4H3,(H,59,60);3-6H,2,7-10,24H2,1H3/b6-5+,9-7+,10-8+,13-11+,14-12+,17-15+,18-16+;/t27-,28+,29-,30+,31-,32+,33-,34-,35-,36-,37-,38-,40+,41-,42+,43+,44-,46-,47+;23-/m00/s1. The maximum absolute atomic E-state index is 13.4. The van der Waals surface area contributed by atoms with Crippen LogP contribution in [0.1, 0.15) is 109 Å². The molecule has 0 aliphatic carbocycles. The van der Waals surface area contributed by atoms with Crippen LogP contribution < -0.4 is 26.5 Å². The van der Waals surface area contributed by atoms with Crippen molar-refractivity contribution in [2.75, 3.05) is 13.3 Å². The molecular weight excluding hydrogens is 1280 g/mol. The highest BCUT2D eigenvalue weighted by atomic mass is 16.7. The summed E-state index contributed by atoms with van der Waals surface area (Å²) in [7, 11) is 0. The lowest BCUT2D eigenvalue weighted by atomic mass is 9.82. The lowest BCUT2D eigenvalue weighted by Crippen LogP contribution is -2.61. The minimum absolute atomic E-state index is 0.0922. The van der Waals surface area contributed by atoms with E-state index in [-0.39, 0.29) is 62.5 Å². The zero-order chi connectivity index (χ0) is 71.3. The van der Waals surface area contributed by atoms with Gasteiger partial charge in [-0.1, -0.05) is 106 Å². The van der Waals surface area contributed by atoms with Crippen LogP contribution in [0.3, 0.4) is 0 Å². The second-order valence-corrected chi connectivity index (χ2v) is 25.7. The van der Waals surface area contributed by atoms with E-state index in [1.54, 1.807) is 110 Å². The zero-order valence-electron chi connectivity index (χ0n) is 55.3. The Morgan fingerprint density at radius 3 is 2.00 bits per heavy atom. The first kappa shape index (κ1) is 76.4. The predicted molar refractivity (Wildman–Crippen MR) is 351 cm³/mol. The molecule has 0 amide bonds. The number of rotatable bonds is 6. The van der Waals surface area contributed by atoms with E-state index in [9.17, 15) is 80.1 Å². The molecule has 2 fully saturated rings. The van der Waals surface area contributed by atoms with Gasteiger partial charge in [0.1, 0.15) is 24.7 Å². The van der Waals surface area contributed by atoms with Crippen molar-refractivity contribution in [3.8, 4) is 22.9 Å². The normalized spacial score (nSPS) is 36.8. The number of carbonyl (C=O) groups is 4. The monoisotopic (exact) mass is 1370 g/mol. The summed E-state index contributed by atoms with van der Waals surface area (Å²) in [4.78, 5) is 68.2. The average Bonchev–Trinajstić information content (AvgIpc) is 1.41. The Kier molecular flexibility index (Phi) is 26.6. The highest BCUT2D eigenvalue weighted by Gasteiger charge is 2.52. The highest BCUT2D eigenvalue weighted by Crippen LogP contribution is 2.44. The van der Waals surface area contributed by atoms with Gasteiger partial charge in [-0.15, -0.1) is 0 Å². The number of carboxylic acids is 1. The Hall–Kier alpha value is -7.36. The van der Waals surface area contributed by atoms with E-state index in [1.165, 1.54) is 13.0 Å². The van der Waals surface area contributed by atoms with Gasteiger partial charge in [-0.05, 0) is 57.7 Å². The number of pyridine rings is 2. The lowest BCUT2D eigenvalue weighted by molar-refractivity contribution is -0.308. The molecule has 6 aliphatic rings. The molecule has 1 aromatic carbocycles. The molecule has 3 aromatic rings. The van der Waals surface area contributed by atoms with Crippen LogP contribution in [0.15, 0.2) is 114 Å². The first-order valence-electron chi connectivity index (χ1n) is 32.9. The molecule has 2 saturated heterocycles. The van der Waals surface area contributed by atoms with Gasteiger partial charge < -0.3 is 110 Å². The summed E-state index contributed by atoms with van der Waals surface area (Å²) < 4.78 is 46.4. The Morgan fingerprint density at radius 2 is 1.36 bits per heavy atom. The first-order chi connectivity index (χ1) is 46.6. The molecule has 9 rings (SSSR count). The van der Waals surface area contributed by atoms with E-state index in [1.807, 2.05) is 25.1 Å². The molecule has 28 heteroatoms. The number of aliphatic hydroxyl groups is 10. The number of esters is 3. The second kappa shape index (κ2) is 34.1. The van der Waals surface area contributed by atoms with Crippen LogP contribution in [0.5, 0.6) is 11.5 Å². The number of hydrogen-bond donors (Lipinski definition) is 13. The summed E-state index contributed by atoms with van der Waals surface area (Å²) in [6.07, 6.45) is 3.64. The summed E-state index contributed by atoms with van der Waals surface area (Å²) in [5, 5.41) is 119. The van der Waals surface area contributed by atoms with E-state index >= 15 is 0 Å². The number of hydrogen-bond acceptors (Lipinski definition) is 26. The molecule has 2 bridgehead atoms. The zero-order valence-corrected chi connectivity index (χ0v) is 55.3. The minimum Gasteiger partial charge on any atom is -0.481 e. The van der Waals surface area contributed by atoms with Crippen LogP contribution in [0, 0.1) is 17.8 Å². The van der Waals surface area contributed by atoms with Gasteiger partial charge in [-0.2, -0.15) is 0 Å². The number of aliphatic carboxylic acids is 1. The Labute approximate surface area is 566 Å². The van der Waals surface area contributed by atoms with Crippen LogP contribution in [-0.4, -0.2) is 200 Å². The molecular formula is C70H92N4O24. The van der Waals surface area contributed by atoms with E-state index < -0.39 is 171 Å². The number of carboxylic acid groups (broad SMARTS) is 1. The number of nitrogens with two attached hydrogens (primary N) is 2. The number of fused-ring (bicyclic) bond motifs is 8. The van der Waals surface area contributed by atoms with Gasteiger partial charge in [0, 0.05) is 60.1 Å². The summed E-state index contributed by atoms with van der Waals surface area (Å²) in [6.45, 7) is 8.30. The molecule has 8 heterocycles. The quantitative estimate of drug-likeness (QED) is 0.0970. The molecule has 2 aromatic heterocycles. The van der Waals surface area contributed by atoms with Crippen molar-refractivity contribution in [2.45, 2.75) is 209 Å². The van der Waals surface area contributed by atoms with Gasteiger partial charge in [-0.25, -0.2) is 9.78 Å². The Morgan fingerprint density at radius 1 is 0.714 bits per heavy atom. The van der Waals surface area contributed by atoms with Crippen molar-refractivity contribution in [1.82, 2.24) is 9.55 Å². The minimum atomic E-state index is -2.29. The SMILES string of the molecule is CC[C@@]1(OC(=O)CN)C(=O)OCc2c1cc1n(c2=O)Cc2cc3cc4c(cc3nc2-1)OCO4.C[C@H]1[C@H](O)[C@@H](C)/C=C/C=C/C=C/C=C/C=C/C=C/C=C/[C@H](O[C@@H]2O[C@H](C)[C@@H](O)[C@H](N)[C@@H]2O)C[C@@H]2O[C@](O)(C[C@@H](O)C[C@@H](O)CC[C@H](O)[C@@H](O)C[C@@H](O)CC(=O)O[C@H]1C)C[C@H](O)[C@H]2C(=O)O. The molecule has 98 heavy (non-hydrogen) atoms. The van der Waals surface area contributed by atoms with Crippen molar-refractivity contribution in [3.63, 3.8) is 0 Å². The Balaban J connectivity index is 0.000000305. The van der Waals surface area contributed by atoms with Crippen molar-refractivity contribution < 1.29 is 113 Å². The fourth-order valence-electron chi connectivity index (χ4n) is 12.7. The summed E-state index contributed by atoms with van der Waals surface area (Å²) in [5.74, 6) is -7.05. The first-order valence-corrected chi connectivity index (χ1v) is 32.9. The summed E-state index contributed by atoms with van der Waals surface area (Å²) >= 11 is 0. The third-order valence-electron chi connectivity index (χ3n) is 18.4. The number of cyclic esters (lactones) is 2. The second-order valence-electron chi connectivity index (χ2n) is 25.7. The highest BCUT2D eigenvalue weighted by molar-refractivity contribution is 5.89. The fourth-order valence-corrected chi connectivity index (χ4v) is 12.7. The average molecular weight is 1370 g/mol. The topological polar surface area (TPSA) is 452 Å². The number of benzene rings is 1. The van der Waals surface area contributed by atoms with Crippen molar-refractivity contribution in [2.24, 2.45) is 29.2 Å². The van der Waals surface area contributed by atoms with Crippen molar-refractivity contribution in [1.29, 1.82) is 0 Å². The van der Waals surface area contributed by atoms with Gasteiger partial charge in [0.25, 0.3) is 5.56 Å². The molecule has 6 aliphatic heterocycles. The fraction of sp³-hybridized carbons (Fsp3) is 0.543. The van der Waals surface area contributed by atoms with Crippen molar-refractivity contribution >= 4 is 34.8 Å². The van der Waals surface area contributed by atoms with Crippen LogP contribution in [0.4, 0.5) is 0 Å². The number of aromatic nitrogens is 2. The van der Waals surface area contributed by atoms with Crippen LogP contribution in [-0.2, 0) is 66.4 Å². The van der Waals surface area contributed by atoms with E-state index in [4.69, 9.17) is 54.3 Å².